The molecule has 5 rings (SSSR count). The maximum absolute atomic E-state index is 4.88. The number of pyridine rings is 3. The minimum Gasteiger partial charge on any atom is -0.353 e. The molecule has 1 aliphatic rings. The van der Waals surface area contributed by atoms with Gasteiger partial charge in [0.25, 0.3) is 0 Å². The van der Waals surface area contributed by atoms with Crippen molar-refractivity contribution in [1.29, 1.82) is 0 Å². The summed E-state index contributed by atoms with van der Waals surface area (Å²) in [6.07, 6.45) is 7.15. The zero-order valence-corrected chi connectivity index (χ0v) is 16.5. The lowest BCUT2D eigenvalue weighted by molar-refractivity contribution is 0.641. The normalized spacial score (nSPS) is 14.0. The molecule has 0 spiro atoms. The van der Waals surface area contributed by atoms with Gasteiger partial charge in [0, 0.05) is 62.6 Å². The number of rotatable bonds is 4. The van der Waals surface area contributed by atoms with E-state index in [1.807, 2.05) is 54.7 Å². The fraction of sp³-hybridized carbons (Fsp3) is 0.174. The van der Waals surface area contributed by atoms with Gasteiger partial charge in [0.05, 0.1) is 11.4 Å². The first-order chi connectivity index (χ1) is 14.9. The quantitative estimate of drug-likeness (QED) is 0.525. The third-order valence-corrected chi connectivity index (χ3v) is 5.16. The summed E-state index contributed by atoms with van der Waals surface area (Å²) < 4.78 is 0. The predicted octanol–water partition coefficient (Wildman–Crippen LogP) is 3.32. The molecule has 148 valence electrons. The largest absolute Gasteiger partial charge is 0.353 e. The fourth-order valence-corrected chi connectivity index (χ4v) is 3.58. The van der Waals surface area contributed by atoms with Gasteiger partial charge in [0.15, 0.2) is 5.82 Å². The van der Waals surface area contributed by atoms with Gasteiger partial charge in [0.1, 0.15) is 11.6 Å². The Balaban J connectivity index is 1.46. The van der Waals surface area contributed by atoms with Crippen molar-refractivity contribution >= 4 is 11.6 Å². The van der Waals surface area contributed by atoms with E-state index in [-0.39, 0.29) is 0 Å². The van der Waals surface area contributed by atoms with E-state index in [0.29, 0.717) is 5.82 Å². The summed E-state index contributed by atoms with van der Waals surface area (Å²) in [5, 5.41) is 0. The molecular weight excluding hydrogens is 374 g/mol. The SMILES string of the molecule is c1ccc(-c2cc(N3CCN(c4ccccn4)CC3)nc(-c3ccncc3)n2)nc1. The zero-order valence-electron chi connectivity index (χ0n) is 16.5. The molecule has 7 heteroatoms. The fourth-order valence-electron chi connectivity index (χ4n) is 3.58. The molecule has 0 radical (unpaired) electrons. The minimum absolute atomic E-state index is 0.683. The highest BCUT2D eigenvalue weighted by atomic mass is 15.3. The van der Waals surface area contributed by atoms with Crippen LogP contribution < -0.4 is 9.80 Å². The van der Waals surface area contributed by atoms with Crippen LogP contribution in [-0.2, 0) is 0 Å². The first kappa shape index (κ1) is 18.2. The van der Waals surface area contributed by atoms with Crippen molar-refractivity contribution in [1.82, 2.24) is 24.9 Å². The van der Waals surface area contributed by atoms with Crippen LogP contribution in [0.15, 0.2) is 79.4 Å². The molecule has 0 aromatic carbocycles. The van der Waals surface area contributed by atoms with E-state index in [9.17, 15) is 0 Å². The van der Waals surface area contributed by atoms with Crippen molar-refractivity contribution in [2.45, 2.75) is 0 Å². The van der Waals surface area contributed by atoms with Crippen LogP contribution in [0.2, 0.25) is 0 Å². The summed E-state index contributed by atoms with van der Waals surface area (Å²) in [6, 6.07) is 17.8. The number of aromatic nitrogens is 5. The lowest BCUT2D eigenvalue weighted by atomic mass is 10.2. The van der Waals surface area contributed by atoms with Crippen LogP contribution in [0.5, 0.6) is 0 Å². The summed E-state index contributed by atoms with van der Waals surface area (Å²) in [5.41, 5.74) is 2.60. The van der Waals surface area contributed by atoms with E-state index < -0.39 is 0 Å². The molecule has 0 bridgehead atoms. The summed E-state index contributed by atoms with van der Waals surface area (Å²) in [6.45, 7) is 3.52. The maximum Gasteiger partial charge on any atom is 0.162 e. The van der Waals surface area contributed by atoms with Gasteiger partial charge in [0.2, 0.25) is 0 Å². The molecule has 0 N–H and O–H groups in total. The minimum atomic E-state index is 0.683. The Hall–Kier alpha value is -3.87. The Morgan fingerprint density at radius 1 is 0.600 bits per heavy atom. The Kier molecular flexibility index (Phi) is 4.99. The van der Waals surface area contributed by atoms with Crippen LogP contribution in [-0.4, -0.2) is 51.1 Å². The second-order valence-electron chi connectivity index (χ2n) is 7.05. The van der Waals surface area contributed by atoms with E-state index in [4.69, 9.17) is 9.97 Å². The van der Waals surface area contributed by atoms with Gasteiger partial charge in [-0.1, -0.05) is 12.1 Å². The van der Waals surface area contributed by atoms with Crippen LogP contribution in [0.1, 0.15) is 0 Å². The van der Waals surface area contributed by atoms with E-state index in [0.717, 1.165) is 54.8 Å². The van der Waals surface area contributed by atoms with Crippen molar-refractivity contribution in [2.24, 2.45) is 0 Å². The maximum atomic E-state index is 4.88. The second-order valence-corrected chi connectivity index (χ2v) is 7.05. The molecular formula is C23H21N7. The number of hydrogen-bond donors (Lipinski definition) is 0. The Bertz CT molecular complexity index is 1040. The molecule has 0 atom stereocenters. The summed E-state index contributed by atoms with van der Waals surface area (Å²) in [7, 11) is 0. The third kappa shape index (κ3) is 3.82. The monoisotopic (exact) mass is 395 g/mol. The molecule has 30 heavy (non-hydrogen) atoms. The molecule has 5 heterocycles. The van der Waals surface area contributed by atoms with Gasteiger partial charge >= 0.3 is 0 Å². The molecule has 0 amide bonds. The van der Waals surface area contributed by atoms with Gasteiger partial charge in [-0.05, 0) is 36.4 Å². The molecule has 4 aromatic heterocycles. The number of nitrogens with zero attached hydrogens (tertiary/aromatic N) is 7. The molecule has 0 saturated carbocycles. The first-order valence-electron chi connectivity index (χ1n) is 9.99. The van der Waals surface area contributed by atoms with E-state index in [1.165, 1.54) is 0 Å². The number of hydrogen-bond acceptors (Lipinski definition) is 7. The molecule has 7 nitrogen and oxygen atoms in total. The van der Waals surface area contributed by atoms with Crippen molar-refractivity contribution in [3.05, 3.63) is 79.4 Å². The van der Waals surface area contributed by atoms with Gasteiger partial charge in [-0.15, -0.1) is 0 Å². The van der Waals surface area contributed by atoms with E-state index in [1.54, 1.807) is 18.6 Å². The number of anilines is 2. The molecule has 1 aliphatic heterocycles. The van der Waals surface area contributed by atoms with Crippen molar-refractivity contribution in [2.75, 3.05) is 36.0 Å². The average molecular weight is 395 g/mol. The molecule has 0 unspecified atom stereocenters. The third-order valence-electron chi connectivity index (χ3n) is 5.16. The van der Waals surface area contributed by atoms with Gasteiger partial charge in [-0.3, -0.25) is 9.97 Å². The molecule has 4 aromatic rings. The first-order valence-corrected chi connectivity index (χ1v) is 9.99. The van der Waals surface area contributed by atoms with Crippen LogP contribution in [0.4, 0.5) is 11.6 Å². The Morgan fingerprint density at radius 2 is 1.30 bits per heavy atom. The average Bonchev–Trinajstić information content (AvgIpc) is 2.85. The van der Waals surface area contributed by atoms with Crippen molar-refractivity contribution in [3.63, 3.8) is 0 Å². The standard InChI is InChI=1S/C23H21N7/c1-3-9-25-19(5-1)20-17-22(28-23(27-20)18-7-11-24-12-8-18)30-15-13-29(14-16-30)21-6-2-4-10-26-21/h1-12,17H,13-16H2. The van der Waals surface area contributed by atoms with Crippen molar-refractivity contribution < 1.29 is 0 Å². The molecule has 1 fully saturated rings. The lowest BCUT2D eigenvalue weighted by Gasteiger charge is -2.36. The van der Waals surface area contributed by atoms with Crippen LogP contribution in [0.3, 0.4) is 0 Å². The van der Waals surface area contributed by atoms with Gasteiger partial charge in [-0.25, -0.2) is 15.0 Å². The Labute approximate surface area is 175 Å². The van der Waals surface area contributed by atoms with Crippen LogP contribution >= 0.6 is 0 Å². The summed E-state index contributed by atoms with van der Waals surface area (Å²) in [4.78, 5) is 27.3. The smallest absolute Gasteiger partial charge is 0.162 e. The van der Waals surface area contributed by atoms with E-state index >= 15 is 0 Å². The van der Waals surface area contributed by atoms with Crippen LogP contribution in [0.25, 0.3) is 22.8 Å². The highest BCUT2D eigenvalue weighted by Crippen LogP contribution is 2.26. The van der Waals surface area contributed by atoms with Crippen molar-refractivity contribution in [3.8, 4) is 22.8 Å². The summed E-state index contributed by atoms with van der Waals surface area (Å²) in [5.74, 6) is 2.62. The Morgan fingerprint density at radius 3 is 1.97 bits per heavy atom. The lowest BCUT2D eigenvalue weighted by Crippen LogP contribution is -2.47. The number of piperazine rings is 1. The van der Waals surface area contributed by atoms with Gasteiger partial charge < -0.3 is 9.80 Å². The predicted molar refractivity (Wildman–Crippen MR) is 117 cm³/mol. The van der Waals surface area contributed by atoms with E-state index in [2.05, 4.69) is 30.8 Å². The summed E-state index contributed by atoms with van der Waals surface area (Å²) >= 11 is 0. The van der Waals surface area contributed by atoms with Gasteiger partial charge in [-0.2, -0.15) is 0 Å². The zero-order chi connectivity index (χ0) is 20.2. The van der Waals surface area contributed by atoms with Crippen LogP contribution in [0, 0.1) is 0 Å². The molecule has 0 aliphatic carbocycles. The second kappa shape index (κ2) is 8.24. The molecule has 1 saturated heterocycles. The highest BCUT2D eigenvalue weighted by molar-refractivity contribution is 5.65. The topological polar surface area (TPSA) is 70.9 Å². The highest BCUT2D eigenvalue weighted by Gasteiger charge is 2.21.